The molecule has 7 heteroatoms. The molecule has 3 rings (SSSR count). The molecule has 1 N–H and O–H groups in total. The van der Waals surface area contributed by atoms with E-state index in [-0.39, 0.29) is 24.7 Å². The fourth-order valence-electron chi connectivity index (χ4n) is 1.83. The third-order valence-corrected chi connectivity index (χ3v) is 3.42. The van der Waals surface area contributed by atoms with Crippen LogP contribution in [0.25, 0.3) is 16.7 Å². The molecule has 1 unspecified atom stereocenters. The summed E-state index contributed by atoms with van der Waals surface area (Å²) >= 11 is -1.21. The molecule has 94 valence electrons. The van der Waals surface area contributed by atoms with Crippen LogP contribution in [0.5, 0.6) is 0 Å². The Bertz CT molecular complexity index is 696. The number of fused-ring (bicyclic) bond motifs is 1. The van der Waals surface area contributed by atoms with Gasteiger partial charge in [0.1, 0.15) is 12.1 Å². The van der Waals surface area contributed by atoms with Crippen molar-refractivity contribution in [2.75, 3.05) is 6.26 Å². The van der Waals surface area contributed by atoms with Gasteiger partial charge in [0.2, 0.25) is 0 Å². The first kappa shape index (κ1) is 14.2. The van der Waals surface area contributed by atoms with Crippen molar-refractivity contribution in [1.29, 1.82) is 0 Å². The Balaban J connectivity index is 0.00000133. The molecule has 0 aliphatic rings. The van der Waals surface area contributed by atoms with Gasteiger partial charge in [-0.3, -0.25) is 4.98 Å². The summed E-state index contributed by atoms with van der Waals surface area (Å²) < 4.78 is 27.0. The maximum atomic E-state index is 13.9. The van der Waals surface area contributed by atoms with E-state index in [9.17, 15) is 8.94 Å². The normalized spacial score (nSPS) is 12.4. The SMILES string of the molecule is C[S+]([O-])c1nc2cc(-n3cccc3)c(F)cc2[nH]1.[LiH]. The van der Waals surface area contributed by atoms with Crippen molar-refractivity contribution in [2.45, 2.75) is 5.16 Å². The summed E-state index contributed by atoms with van der Waals surface area (Å²) in [5.41, 5.74) is 1.58. The Morgan fingerprint density at radius 2 is 2.00 bits per heavy atom. The topological polar surface area (TPSA) is 56.7 Å². The number of aromatic nitrogens is 3. The summed E-state index contributed by atoms with van der Waals surface area (Å²) in [7, 11) is 0. The van der Waals surface area contributed by atoms with Gasteiger partial charge in [0, 0.05) is 29.6 Å². The molecule has 0 saturated heterocycles. The van der Waals surface area contributed by atoms with E-state index >= 15 is 0 Å². The molecule has 19 heavy (non-hydrogen) atoms. The third kappa shape index (κ3) is 2.58. The van der Waals surface area contributed by atoms with E-state index in [1.54, 1.807) is 23.0 Å². The number of halogens is 1. The Hall–Kier alpha value is -1.19. The average Bonchev–Trinajstić information content (AvgIpc) is 2.95. The van der Waals surface area contributed by atoms with Gasteiger partial charge in [0.15, 0.2) is 0 Å². The predicted molar refractivity (Wildman–Crippen MR) is 74.9 cm³/mol. The van der Waals surface area contributed by atoms with Crippen molar-refractivity contribution in [3.05, 3.63) is 42.5 Å². The van der Waals surface area contributed by atoms with E-state index in [0.29, 0.717) is 21.9 Å². The second kappa shape index (κ2) is 5.43. The molecule has 1 atom stereocenters. The van der Waals surface area contributed by atoms with Gasteiger partial charge in [-0.25, -0.2) is 4.39 Å². The van der Waals surface area contributed by atoms with E-state index in [0.717, 1.165) is 0 Å². The molecule has 2 aromatic heterocycles. The number of hydrogen-bond donors (Lipinski definition) is 1. The summed E-state index contributed by atoms with van der Waals surface area (Å²) in [5.74, 6) is -0.351. The van der Waals surface area contributed by atoms with Crippen LogP contribution in [-0.4, -0.2) is 44.2 Å². The minimum absolute atomic E-state index is 0. The van der Waals surface area contributed by atoms with Gasteiger partial charge in [0.05, 0.1) is 16.7 Å². The van der Waals surface area contributed by atoms with Crippen LogP contribution >= 0.6 is 0 Å². The Morgan fingerprint density at radius 3 is 2.63 bits per heavy atom. The van der Waals surface area contributed by atoms with Gasteiger partial charge in [-0.2, -0.15) is 4.98 Å². The van der Waals surface area contributed by atoms with Gasteiger partial charge in [-0.05, 0) is 18.2 Å². The number of aromatic amines is 1. The van der Waals surface area contributed by atoms with Crippen LogP contribution in [0.15, 0.2) is 41.8 Å². The van der Waals surface area contributed by atoms with Gasteiger partial charge in [-0.1, -0.05) is 0 Å². The molecule has 0 spiro atoms. The van der Waals surface area contributed by atoms with E-state index < -0.39 is 11.2 Å². The second-order valence-electron chi connectivity index (χ2n) is 3.91. The number of benzene rings is 1. The number of imidazole rings is 1. The zero-order chi connectivity index (χ0) is 12.7. The van der Waals surface area contributed by atoms with E-state index in [1.165, 1.54) is 12.3 Å². The molecular formula is C12H11FLiN3OS. The second-order valence-corrected chi connectivity index (χ2v) is 5.20. The molecular weight excluding hydrogens is 260 g/mol. The van der Waals surface area contributed by atoms with Crippen molar-refractivity contribution in [3.63, 3.8) is 0 Å². The molecule has 2 heterocycles. The minimum atomic E-state index is -1.21. The van der Waals surface area contributed by atoms with Gasteiger partial charge < -0.3 is 9.12 Å². The standard InChI is InChI=1S/C12H10FN3OS.Li.H/c1-18(17)12-14-9-6-8(13)11(7-10(9)15-12)16-4-2-3-5-16;;/h2-7H,1H3,(H,14,15);;. The maximum absolute atomic E-state index is 13.9. The fourth-order valence-corrected chi connectivity index (χ4v) is 2.31. The molecule has 0 fully saturated rings. The molecule has 1 aromatic carbocycles. The number of rotatable bonds is 2. The van der Waals surface area contributed by atoms with Crippen LogP contribution in [0.3, 0.4) is 0 Å². The molecule has 3 aromatic rings. The van der Waals surface area contributed by atoms with Crippen molar-refractivity contribution in [3.8, 4) is 5.69 Å². The fraction of sp³-hybridized carbons (Fsp3) is 0.0833. The summed E-state index contributed by atoms with van der Waals surface area (Å²) in [6, 6.07) is 6.65. The molecule has 0 aliphatic carbocycles. The molecule has 0 radical (unpaired) electrons. The molecule has 0 aliphatic heterocycles. The van der Waals surface area contributed by atoms with Crippen molar-refractivity contribution in [2.24, 2.45) is 0 Å². The molecule has 0 saturated carbocycles. The first-order valence-corrected chi connectivity index (χ1v) is 6.87. The average molecular weight is 271 g/mol. The van der Waals surface area contributed by atoms with E-state index in [4.69, 9.17) is 0 Å². The summed E-state index contributed by atoms with van der Waals surface area (Å²) in [4.78, 5) is 7.04. The number of H-pyrrole nitrogens is 1. The van der Waals surface area contributed by atoms with Gasteiger partial charge in [0.25, 0.3) is 0 Å². The number of hydrogen-bond acceptors (Lipinski definition) is 2. The zero-order valence-electron chi connectivity index (χ0n) is 9.55. The van der Waals surface area contributed by atoms with Crippen molar-refractivity contribution >= 4 is 41.1 Å². The van der Waals surface area contributed by atoms with Crippen LogP contribution in [0.4, 0.5) is 4.39 Å². The van der Waals surface area contributed by atoms with Crippen LogP contribution < -0.4 is 0 Å². The summed E-state index contributed by atoms with van der Waals surface area (Å²) in [6.45, 7) is 0. The third-order valence-electron chi connectivity index (χ3n) is 2.68. The van der Waals surface area contributed by atoms with Crippen LogP contribution in [0.1, 0.15) is 0 Å². The number of nitrogens with one attached hydrogen (secondary N) is 1. The number of nitrogens with zero attached hydrogens (tertiary/aromatic N) is 2. The first-order valence-electron chi connectivity index (χ1n) is 5.31. The van der Waals surface area contributed by atoms with E-state index in [2.05, 4.69) is 9.97 Å². The Labute approximate surface area is 124 Å². The molecule has 0 amide bonds. The van der Waals surface area contributed by atoms with Crippen LogP contribution in [0, 0.1) is 5.82 Å². The van der Waals surface area contributed by atoms with Crippen molar-refractivity contribution < 1.29 is 8.94 Å². The molecule has 4 nitrogen and oxygen atoms in total. The monoisotopic (exact) mass is 271 g/mol. The van der Waals surface area contributed by atoms with E-state index in [1.807, 2.05) is 12.1 Å². The summed E-state index contributed by atoms with van der Waals surface area (Å²) in [5, 5.41) is 0.356. The summed E-state index contributed by atoms with van der Waals surface area (Å²) in [6.07, 6.45) is 5.05. The molecule has 0 bridgehead atoms. The zero-order valence-corrected chi connectivity index (χ0v) is 10.4. The predicted octanol–water partition coefficient (Wildman–Crippen LogP) is 1.58. The first-order chi connectivity index (χ1) is 8.65. The van der Waals surface area contributed by atoms with Crippen LogP contribution in [0.2, 0.25) is 0 Å². The quantitative estimate of drug-likeness (QED) is 0.568. The van der Waals surface area contributed by atoms with Gasteiger partial charge >= 0.3 is 24.0 Å². The Kier molecular flexibility index (Phi) is 4.07. The van der Waals surface area contributed by atoms with Crippen LogP contribution in [-0.2, 0) is 11.2 Å². The van der Waals surface area contributed by atoms with Crippen molar-refractivity contribution in [1.82, 2.24) is 14.5 Å². The Morgan fingerprint density at radius 1 is 1.32 bits per heavy atom. The van der Waals surface area contributed by atoms with Gasteiger partial charge in [-0.15, -0.1) is 0 Å².